The van der Waals surface area contributed by atoms with Gasteiger partial charge in [0, 0.05) is 5.56 Å². The number of aliphatic hydroxyl groups excluding tert-OH is 1. The van der Waals surface area contributed by atoms with Gasteiger partial charge in [-0.05, 0) is 17.7 Å². The van der Waals surface area contributed by atoms with Gasteiger partial charge in [0.1, 0.15) is 5.75 Å². The molecule has 2 aromatic rings. The summed E-state index contributed by atoms with van der Waals surface area (Å²) in [6.07, 6.45) is 0. The molecule has 4 heteroatoms. The first-order valence-electron chi connectivity index (χ1n) is 5.78. The number of hydrogen-bond donors (Lipinski definition) is 1. The smallest absolute Gasteiger partial charge is 0.338 e. The van der Waals surface area contributed by atoms with Gasteiger partial charge in [-0.3, -0.25) is 0 Å². The third-order valence-electron chi connectivity index (χ3n) is 2.73. The molecule has 0 aromatic heterocycles. The van der Waals surface area contributed by atoms with Gasteiger partial charge < -0.3 is 14.6 Å². The molecule has 0 fully saturated rings. The quantitative estimate of drug-likeness (QED) is 0.676. The fourth-order valence-electron chi connectivity index (χ4n) is 1.89. The van der Waals surface area contributed by atoms with Gasteiger partial charge >= 0.3 is 5.97 Å². The van der Waals surface area contributed by atoms with E-state index < -0.39 is 12.8 Å². The van der Waals surface area contributed by atoms with E-state index in [4.69, 9.17) is 14.6 Å². The Bertz CT molecular complexity index is 578. The summed E-state index contributed by atoms with van der Waals surface area (Å²) in [7, 11) is 1.34. The van der Waals surface area contributed by atoms with E-state index in [-0.39, 0.29) is 0 Å². The fraction of sp³-hybridized carbons (Fsp3) is 0.133. The molecule has 2 rings (SSSR count). The Morgan fingerprint density at radius 2 is 1.68 bits per heavy atom. The zero-order valence-electron chi connectivity index (χ0n) is 10.5. The molecule has 0 saturated carbocycles. The average molecular weight is 258 g/mol. The van der Waals surface area contributed by atoms with E-state index in [2.05, 4.69) is 0 Å². The van der Waals surface area contributed by atoms with Gasteiger partial charge in [-0.1, -0.05) is 36.4 Å². The number of aliphatic hydroxyl groups is 1. The molecule has 0 bridgehead atoms. The molecule has 2 aromatic carbocycles. The summed E-state index contributed by atoms with van der Waals surface area (Å²) in [5, 5.41) is 8.90. The molecule has 1 N–H and O–H groups in total. The van der Waals surface area contributed by atoms with Crippen LogP contribution in [0.2, 0.25) is 0 Å². The van der Waals surface area contributed by atoms with Crippen LogP contribution < -0.4 is 4.74 Å². The molecule has 0 unspecified atom stereocenters. The Morgan fingerprint density at radius 1 is 1.05 bits per heavy atom. The second kappa shape index (κ2) is 6.02. The van der Waals surface area contributed by atoms with Gasteiger partial charge in [0.25, 0.3) is 0 Å². The summed E-state index contributed by atoms with van der Waals surface area (Å²) in [6, 6.07) is 14.3. The zero-order chi connectivity index (χ0) is 13.7. The van der Waals surface area contributed by atoms with Crippen LogP contribution in [0.5, 0.6) is 5.75 Å². The molecule has 19 heavy (non-hydrogen) atoms. The summed E-state index contributed by atoms with van der Waals surface area (Å²) in [5.74, 6) is 0.107. The molecule has 0 aliphatic carbocycles. The number of hydrogen-bond acceptors (Lipinski definition) is 4. The summed E-state index contributed by atoms with van der Waals surface area (Å²) >= 11 is 0. The van der Waals surface area contributed by atoms with Crippen LogP contribution in [0.4, 0.5) is 0 Å². The number of ether oxygens (including phenoxy) is 2. The lowest BCUT2D eigenvalue weighted by atomic mass is 9.99. The van der Waals surface area contributed by atoms with Gasteiger partial charge in [0.05, 0.1) is 12.7 Å². The van der Waals surface area contributed by atoms with Crippen LogP contribution in [0.15, 0.2) is 48.5 Å². The molecule has 0 atom stereocenters. The summed E-state index contributed by atoms with van der Waals surface area (Å²) < 4.78 is 9.93. The van der Waals surface area contributed by atoms with Gasteiger partial charge in [-0.2, -0.15) is 0 Å². The van der Waals surface area contributed by atoms with Crippen LogP contribution in [0.25, 0.3) is 11.1 Å². The van der Waals surface area contributed by atoms with E-state index in [1.54, 1.807) is 24.3 Å². The fourth-order valence-corrected chi connectivity index (χ4v) is 1.89. The number of para-hydroxylation sites is 1. The molecule has 0 heterocycles. The SMILES string of the molecule is COC(=O)c1ccccc1-c1ccccc1OCO. The number of benzene rings is 2. The number of esters is 1. The number of rotatable bonds is 4. The van der Waals surface area contributed by atoms with Crippen LogP contribution in [0.3, 0.4) is 0 Å². The summed E-state index contributed by atoms with van der Waals surface area (Å²) in [4.78, 5) is 11.8. The lowest BCUT2D eigenvalue weighted by Crippen LogP contribution is -2.04. The first kappa shape index (κ1) is 13.1. The van der Waals surface area contributed by atoms with Gasteiger partial charge in [-0.25, -0.2) is 4.79 Å². The van der Waals surface area contributed by atoms with E-state index in [0.29, 0.717) is 16.9 Å². The summed E-state index contributed by atoms with van der Waals surface area (Å²) in [6.45, 7) is -0.419. The van der Waals surface area contributed by atoms with Crippen LogP contribution in [-0.4, -0.2) is 25.0 Å². The lowest BCUT2D eigenvalue weighted by Gasteiger charge is -2.12. The van der Waals surface area contributed by atoms with Crippen molar-refractivity contribution < 1.29 is 19.4 Å². The molecule has 0 aliphatic rings. The van der Waals surface area contributed by atoms with Crippen LogP contribution in [0.1, 0.15) is 10.4 Å². The molecule has 0 aliphatic heterocycles. The predicted molar refractivity (Wildman–Crippen MR) is 70.9 cm³/mol. The number of carbonyl (C=O) groups excluding carboxylic acids is 1. The number of methoxy groups -OCH3 is 1. The molecule has 0 saturated heterocycles. The second-order valence-corrected chi connectivity index (χ2v) is 3.81. The Hall–Kier alpha value is -2.33. The van der Waals surface area contributed by atoms with Crippen molar-refractivity contribution in [1.82, 2.24) is 0 Å². The Labute approximate surface area is 111 Å². The van der Waals surface area contributed by atoms with Gasteiger partial charge in [0.15, 0.2) is 6.79 Å². The van der Waals surface area contributed by atoms with E-state index in [0.717, 1.165) is 5.56 Å². The minimum Gasteiger partial charge on any atom is -0.467 e. The average Bonchev–Trinajstić information content (AvgIpc) is 2.47. The second-order valence-electron chi connectivity index (χ2n) is 3.81. The zero-order valence-corrected chi connectivity index (χ0v) is 10.5. The summed E-state index contributed by atoms with van der Waals surface area (Å²) in [5.41, 5.74) is 1.90. The normalized spacial score (nSPS) is 10.0. The Balaban J connectivity index is 2.56. The van der Waals surface area contributed by atoms with Crippen molar-refractivity contribution in [3.8, 4) is 16.9 Å². The van der Waals surface area contributed by atoms with Crippen LogP contribution in [0, 0.1) is 0 Å². The highest BCUT2D eigenvalue weighted by Crippen LogP contribution is 2.32. The van der Waals surface area contributed by atoms with E-state index in [1.165, 1.54) is 7.11 Å². The third kappa shape index (κ3) is 2.74. The van der Waals surface area contributed by atoms with Gasteiger partial charge in [-0.15, -0.1) is 0 Å². The Kier molecular flexibility index (Phi) is 4.15. The maximum atomic E-state index is 11.8. The largest absolute Gasteiger partial charge is 0.467 e. The molecule has 4 nitrogen and oxygen atoms in total. The van der Waals surface area contributed by atoms with Crippen LogP contribution >= 0.6 is 0 Å². The molecular weight excluding hydrogens is 244 g/mol. The molecule has 98 valence electrons. The first-order chi connectivity index (χ1) is 9.27. The highest BCUT2D eigenvalue weighted by Gasteiger charge is 2.15. The molecule has 0 radical (unpaired) electrons. The highest BCUT2D eigenvalue weighted by molar-refractivity contribution is 5.98. The van der Waals surface area contributed by atoms with E-state index in [9.17, 15) is 4.79 Å². The predicted octanol–water partition coefficient (Wildman–Crippen LogP) is 2.47. The lowest BCUT2D eigenvalue weighted by molar-refractivity contribution is 0.0601. The monoisotopic (exact) mass is 258 g/mol. The first-order valence-corrected chi connectivity index (χ1v) is 5.78. The molecular formula is C15H14O4. The van der Waals surface area contributed by atoms with Crippen molar-refractivity contribution in [3.05, 3.63) is 54.1 Å². The van der Waals surface area contributed by atoms with Crippen molar-refractivity contribution in [2.24, 2.45) is 0 Å². The van der Waals surface area contributed by atoms with Gasteiger partial charge in [0.2, 0.25) is 0 Å². The maximum Gasteiger partial charge on any atom is 0.338 e. The van der Waals surface area contributed by atoms with Crippen LogP contribution in [-0.2, 0) is 4.74 Å². The molecule has 0 amide bonds. The maximum absolute atomic E-state index is 11.8. The standard InChI is InChI=1S/C15H14O4/c1-18-15(17)13-8-3-2-6-11(13)12-7-4-5-9-14(12)19-10-16/h2-9,16H,10H2,1H3. The van der Waals surface area contributed by atoms with E-state index in [1.807, 2.05) is 24.3 Å². The van der Waals surface area contributed by atoms with E-state index >= 15 is 0 Å². The van der Waals surface area contributed by atoms with Crippen molar-refractivity contribution >= 4 is 5.97 Å². The minimum atomic E-state index is -0.419. The Morgan fingerprint density at radius 3 is 2.37 bits per heavy atom. The topological polar surface area (TPSA) is 55.8 Å². The van der Waals surface area contributed by atoms with Crippen molar-refractivity contribution in [2.75, 3.05) is 13.9 Å². The number of carbonyl (C=O) groups is 1. The highest BCUT2D eigenvalue weighted by atomic mass is 16.6. The third-order valence-corrected chi connectivity index (χ3v) is 2.73. The van der Waals surface area contributed by atoms with Crippen molar-refractivity contribution in [2.45, 2.75) is 0 Å². The van der Waals surface area contributed by atoms with Crippen molar-refractivity contribution in [1.29, 1.82) is 0 Å². The van der Waals surface area contributed by atoms with Crippen molar-refractivity contribution in [3.63, 3.8) is 0 Å². The molecule has 0 spiro atoms. The minimum absolute atomic E-state index is 0.408.